The van der Waals surface area contributed by atoms with Crippen molar-refractivity contribution in [3.63, 3.8) is 0 Å². The lowest BCUT2D eigenvalue weighted by molar-refractivity contribution is -0.914. The molecular weight excluding hydrogens is 416 g/mol. The molecule has 0 aromatic carbocycles. The molecule has 1 saturated heterocycles. The van der Waals surface area contributed by atoms with E-state index in [1.54, 1.807) is 6.92 Å². The maximum atomic E-state index is 12.2. The molecule has 1 unspecified atom stereocenters. The summed E-state index contributed by atoms with van der Waals surface area (Å²) in [5.41, 5.74) is 0.414. The number of likely N-dealkylation sites (N-methyl/N-ethyl adjacent to an activating group) is 1. The van der Waals surface area contributed by atoms with Crippen LogP contribution in [-0.2, 0) is 19.6 Å². The van der Waals surface area contributed by atoms with E-state index in [0.29, 0.717) is 18.5 Å². The van der Waals surface area contributed by atoms with Crippen molar-refractivity contribution in [2.24, 2.45) is 0 Å². The zero-order valence-electron chi connectivity index (χ0n) is 19.9. The first-order chi connectivity index (χ1) is 14.6. The summed E-state index contributed by atoms with van der Waals surface area (Å²) in [5, 5.41) is 0. The lowest BCUT2D eigenvalue weighted by atomic mass is 10.1. The van der Waals surface area contributed by atoms with Gasteiger partial charge in [-0.05, 0) is 19.8 Å². The zero-order valence-corrected chi connectivity index (χ0v) is 20.8. The van der Waals surface area contributed by atoms with E-state index < -0.39 is 10.1 Å². The maximum absolute atomic E-state index is 12.2. The molecule has 0 amide bonds. The molecular formula is C23H44N2O5S. The molecule has 0 aromatic rings. The Bertz CT molecular complexity index is 642. The van der Waals surface area contributed by atoms with Gasteiger partial charge in [0.2, 0.25) is 0 Å². The number of hydrogen-bond donors (Lipinski definition) is 0. The number of piperazine rings is 1. The first kappa shape index (κ1) is 28.1. The van der Waals surface area contributed by atoms with Crippen molar-refractivity contribution in [3.8, 4) is 0 Å². The lowest BCUT2D eigenvalue weighted by Crippen LogP contribution is -2.60. The summed E-state index contributed by atoms with van der Waals surface area (Å²) >= 11 is 0. The predicted molar refractivity (Wildman–Crippen MR) is 123 cm³/mol. The van der Waals surface area contributed by atoms with Crippen molar-refractivity contribution in [1.29, 1.82) is 0 Å². The monoisotopic (exact) mass is 460 g/mol. The third-order valence-corrected chi connectivity index (χ3v) is 7.04. The summed E-state index contributed by atoms with van der Waals surface area (Å²) in [7, 11) is -2.06. The molecule has 0 bridgehead atoms. The quantitative estimate of drug-likeness (QED) is 0.115. The minimum absolute atomic E-state index is 0.236. The van der Waals surface area contributed by atoms with Crippen LogP contribution in [-0.4, -0.2) is 80.1 Å². The highest BCUT2D eigenvalue weighted by molar-refractivity contribution is 7.85. The second kappa shape index (κ2) is 14.2. The number of carbonyl (C=O) groups is 1. The van der Waals surface area contributed by atoms with E-state index in [4.69, 9.17) is 4.74 Å². The predicted octanol–water partition coefficient (Wildman–Crippen LogP) is 3.66. The topological polar surface area (TPSA) is 86.7 Å². The first-order valence-electron chi connectivity index (χ1n) is 11.9. The van der Waals surface area contributed by atoms with Gasteiger partial charge in [-0.1, -0.05) is 58.4 Å². The third-order valence-electron chi connectivity index (χ3n) is 6.25. The van der Waals surface area contributed by atoms with Crippen LogP contribution in [0.1, 0.15) is 78.1 Å². The fourth-order valence-electron chi connectivity index (χ4n) is 4.09. The summed E-state index contributed by atoms with van der Waals surface area (Å²) in [6.45, 7) is 11.5. The van der Waals surface area contributed by atoms with Crippen LogP contribution in [0.5, 0.6) is 0 Å². The summed E-state index contributed by atoms with van der Waals surface area (Å²) in [6.07, 6.45) is 10.9. The molecule has 8 heteroatoms. The normalized spacial score (nSPS) is 17.9. The van der Waals surface area contributed by atoms with Gasteiger partial charge < -0.3 is 13.8 Å². The van der Waals surface area contributed by atoms with E-state index in [1.165, 1.54) is 38.5 Å². The molecule has 1 fully saturated rings. The molecule has 0 aliphatic carbocycles. The van der Waals surface area contributed by atoms with Gasteiger partial charge in [-0.25, -0.2) is 13.2 Å². The average molecular weight is 461 g/mol. The Hall–Kier alpha value is -0.960. The van der Waals surface area contributed by atoms with Gasteiger partial charge in [0.25, 0.3) is 0 Å². The van der Waals surface area contributed by atoms with Crippen LogP contribution in [0.4, 0.5) is 0 Å². The van der Waals surface area contributed by atoms with Gasteiger partial charge in [-0.2, -0.15) is 0 Å². The second-order valence-electron chi connectivity index (χ2n) is 9.35. The number of nitrogens with zero attached hydrogens (tertiary/aromatic N) is 2. The first-order valence-corrected chi connectivity index (χ1v) is 13.5. The molecule has 0 radical (unpaired) electrons. The fraction of sp³-hybridized carbons (Fsp3) is 0.870. The Balaban J connectivity index is 2.48. The van der Waals surface area contributed by atoms with Gasteiger partial charge >= 0.3 is 5.97 Å². The van der Waals surface area contributed by atoms with E-state index in [9.17, 15) is 17.8 Å². The SMILES string of the molecule is C=C(C)C(=O)OC(CCCCCCCCCC)N1CC[N+](C)(CCCS(=O)(=O)[O-])CC1. The van der Waals surface area contributed by atoms with Crippen LogP contribution in [0.25, 0.3) is 0 Å². The van der Waals surface area contributed by atoms with Crippen LogP contribution in [0.2, 0.25) is 0 Å². The molecule has 0 aromatic heterocycles. The molecule has 182 valence electrons. The minimum Gasteiger partial charge on any atom is -0.748 e. The van der Waals surface area contributed by atoms with Crippen LogP contribution < -0.4 is 0 Å². The Kier molecular flexibility index (Phi) is 12.9. The highest BCUT2D eigenvalue weighted by atomic mass is 32.2. The van der Waals surface area contributed by atoms with Crippen molar-refractivity contribution >= 4 is 16.1 Å². The number of quaternary nitrogens is 1. The van der Waals surface area contributed by atoms with Gasteiger partial charge in [-0.15, -0.1) is 0 Å². The Morgan fingerprint density at radius 1 is 1.06 bits per heavy atom. The molecule has 1 heterocycles. The van der Waals surface area contributed by atoms with E-state index in [1.807, 2.05) is 0 Å². The van der Waals surface area contributed by atoms with E-state index in [-0.39, 0.29) is 18.0 Å². The number of unbranched alkanes of at least 4 members (excludes halogenated alkanes) is 7. The van der Waals surface area contributed by atoms with Gasteiger partial charge in [0.1, 0.15) is 0 Å². The largest absolute Gasteiger partial charge is 0.748 e. The Morgan fingerprint density at radius 2 is 1.61 bits per heavy atom. The van der Waals surface area contributed by atoms with Crippen molar-refractivity contribution < 1.29 is 27.0 Å². The average Bonchev–Trinajstić information content (AvgIpc) is 2.68. The highest BCUT2D eigenvalue weighted by Gasteiger charge is 2.33. The van der Waals surface area contributed by atoms with Gasteiger partial charge in [-0.3, -0.25) is 4.90 Å². The number of rotatable bonds is 16. The summed E-state index contributed by atoms with van der Waals surface area (Å²) < 4.78 is 39.1. The van der Waals surface area contributed by atoms with Crippen LogP contribution in [0.3, 0.4) is 0 Å². The zero-order chi connectivity index (χ0) is 23.3. The second-order valence-corrected chi connectivity index (χ2v) is 10.9. The third kappa shape index (κ3) is 12.6. The molecule has 0 spiro atoms. The standard InChI is InChI=1S/C23H44N2O5S/c1-5-6-7-8-9-10-11-12-14-22(30-23(26)21(2)3)24-15-18-25(4,19-16-24)17-13-20-31(27,28)29/h22H,2,5-20H2,1,3-4H3. The van der Waals surface area contributed by atoms with Crippen molar-refractivity contribution in [1.82, 2.24) is 4.90 Å². The minimum atomic E-state index is -4.16. The van der Waals surface area contributed by atoms with Gasteiger partial charge in [0.05, 0.1) is 49.9 Å². The summed E-state index contributed by atoms with van der Waals surface area (Å²) in [4.78, 5) is 14.4. The van der Waals surface area contributed by atoms with E-state index in [0.717, 1.165) is 49.9 Å². The lowest BCUT2D eigenvalue weighted by Gasteiger charge is -2.44. The fourth-order valence-corrected chi connectivity index (χ4v) is 4.57. The molecule has 1 aliphatic rings. The molecule has 0 saturated carbocycles. The molecule has 31 heavy (non-hydrogen) atoms. The van der Waals surface area contributed by atoms with Crippen LogP contribution >= 0.6 is 0 Å². The van der Waals surface area contributed by atoms with Crippen LogP contribution in [0.15, 0.2) is 12.2 Å². The molecule has 1 aliphatic heterocycles. The number of ether oxygens (including phenoxy) is 1. The van der Waals surface area contributed by atoms with Crippen LogP contribution in [0, 0.1) is 0 Å². The summed E-state index contributed by atoms with van der Waals surface area (Å²) in [5.74, 6) is -0.643. The number of esters is 1. The van der Waals surface area contributed by atoms with Crippen molar-refractivity contribution in [3.05, 3.63) is 12.2 Å². The maximum Gasteiger partial charge on any atom is 0.334 e. The van der Waals surface area contributed by atoms with Gasteiger partial charge in [0, 0.05) is 17.7 Å². The molecule has 1 rings (SSSR count). The van der Waals surface area contributed by atoms with Crippen molar-refractivity contribution in [2.75, 3.05) is 45.5 Å². The van der Waals surface area contributed by atoms with Gasteiger partial charge in [0.15, 0.2) is 6.23 Å². The summed E-state index contributed by atoms with van der Waals surface area (Å²) in [6, 6.07) is 0. The van der Waals surface area contributed by atoms with E-state index >= 15 is 0 Å². The Labute approximate surface area is 190 Å². The van der Waals surface area contributed by atoms with E-state index in [2.05, 4.69) is 25.5 Å². The number of carbonyl (C=O) groups excluding carboxylic acids is 1. The Morgan fingerprint density at radius 3 is 2.13 bits per heavy atom. The highest BCUT2D eigenvalue weighted by Crippen LogP contribution is 2.20. The van der Waals surface area contributed by atoms with Crippen molar-refractivity contribution in [2.45, 2.75) is 84.3 Å². The smallest absolute Gasteiger partial charge is 0.334 e. The molecule has 7 nitrogen and oxygen atoms in total. The molecule has 1 atom stereocenters. The number of hydrogen-bond acceptors (Lipinski definition) is 6. The molecule has 0 N–H and O–H groups in total.